The summed E-state index contributed by atoms with van der Waals surface area (Å²) in [5.74, 6) is -0.346. The Labute approximate surface area is 183 Å². The lowest BCUT2D eigenvalue weighted by Crippen LogP contribution is -2.34. The molecule has 1 heterocycles. The fraction of sp³-hybridized carbons (Fsp3) is 0.263. The summed E-state index contributed by atoms with van der Waals surface area (Å²) in [7, 11) is -3.62. The molecule has 1 aliphatic rings. The molecular weight excluding hydrogens is 478 g/mol. The van der Waals surface area contributed by atoms with Gasteiger partial charge in [-0.15, -0.1) is 0 Å². The third-order valence-electron chi connectivity index (χ3n) is 4.26. The van der Waals surface area contributed by atoms with Gasteiger partial charge in [0, 0.05) is 28.9 Å². The highest BCUT2D eigenvalue weighted by atomic mass is 79.9. The lowest BCUT2D eigenvalue weighted by molar-refractivity contribution is 0.0977. The lowest BCUT2D eigenvalue weighted by atomic mass is 10.2. The molecule has 10 heteroatoms. The SMILES string of the molecule is O=C(NC(=S)Nc1ccc(S(=O)(=O)NCC2CCCO2)cc1)c1cccc(Br)c1. The first-order valence-corrected chi connectivity index (χ1v) is 11.6. The van der Waals surface area contributed by atoms with Gasteiger partial charge in [-0.2, -0.15) is 0 Å². The Morgan fingerprint density at radius 3 is 2.62 bits per heavy atom. The molecule has 1 unspecified atom stereocenters. The zero-order valence-corrected chi connectivity index (χ0v) is 18.6. The number of halogens is 1. The van der Waals surface area contributed by atoms with Crippen LogP contribution in [0.1, 0.15) is 23.2 Å². The molecule has 1 saturated heterocycles. The van der Waals surface area contributed by atoms with E-state index in [4.69, 9.17) is 17.0 Å². The van der Waals surface area contributed by atoms with E-state index < -0.39 is 10.0 Å². The van der Waals surface area contributed by atoms with Crippen LogP contribution in [-0.4, -0.2) is 38.7 Å². The van der Waals surface area contributed by atoms with Gasteiger partial charge in [0.05, 0.1) is 11.0 Å². The van der Waals surface area contributed by atoms with E-state index in [1.54, 1.807) is 30.3 Å². The van der Waals surface area contributed by atoms with Crippen molar-refractivity contribution in [1.82, 2.24) is 10.0 Å². The number of ether oxygens (including phenoxy) is 1. The maximum atomic E-state index is 12.4. The first-order valence-electron chi connectivity index (χ1n) is 8.93. The molecule has 7 nitrogen and oxygen atoms in total. The highest BCUT2D eigenvalue weighted by molar-refractivity contribution is 9.10. The normalized spacial score (nSPS) is 16.4. The van der Waals surface area contributed by atoms with Crippen molar-refractivity contribution in [3.05, 3.63) is 58.6 Å². The maximum Gasteiger partial charge on any atom is 0.257 e. The maximum absolute atomic E-state index is 12.4. The second-order valence-electron chi connectivity index (χ2n) is 6.43. The van der Waals surface area contributed by atoms with Gasteiger partial charge in [-0.3, -0.25) is 10.1 Å². The van der Waals surface area contributed by atoms with E-state index in [-0.39, 0.29) is 28.6 Å². The van der Waals surface area contributed by atoms with Crippen LogP contribution in [0.15, 0.2) is 57.9 Å². The molecule has 1 aliphatic heterocycles. The van der Waals surface area contributed by atoms with Crippen molar-refractivity contribution < 1.29 is 17.9 Å². The van der Waals surface area contributed by atoms with Crippen LogP contribution in [-0.2, 0) is 14.8 Å². The van der Waals surface area contributed by atoms with Crippen LogP contribution >= 0.6 is 28.1 Å². The Hall–Kier alpha value is -1.85. The number of benzene rings is 2. The predicted molar refractivity (Wildman–Crippen MR) is 118 cm³/mol. The summed E-state index contributed by atoms with van der Waals surface area (Å²) in [6, 6.07) is 13.0. The minimum absolute atomic E-state index is 0.0723. The van der Waals surface area contributed by atoms with E-state index in [0.29, 0.717) is 17.9 Å². The zero-order chi connectivity index (χ0) is 20.9. The summed E-state index contributed by atoms with van der Waals surface area (Å²) >= 11 is 8.47. The fourth-order valence-electron chi connectivity index (χ4n) is 2.78. The molecule has 0 aromatic heterocycles. The molecule has 3 N–H and O–H groups in total. The number of amides is 1. The monoisotopic (exact) mass is 497 g/mol. The molecule has 0 bridgehead atoms. The second kappa shape index (κ2) is 9.77. The van der Waals surface area contributed by atoms with Crippen LogP contribution in [0.4, 0.5) is 5.69 Å². The van der Waals surface area contributed by atoms with Crippen LogP contribution < -0.4 is 15.4 Å². The first-order chi connectivity index (χ1) is 13.8. The Morgan fingerprint density at radius 2 is 1.97 bits per heavy atom. The van der Waals surface area contributed by atoms with E-state index in [2.05, 4.69) is 31.3 Å². The number of sulfonamides is 1. The second-order valence-corrected chi connectivity index (χ2v) is 9.52. The molecular formula is C19H20BrN3O4S2. The largest absolute Gasteiger partial charge is 0.377 e. The van der Waals surface area contributed by atoms with Crippen molar-refractivity contribution >= 4 is 54.9 Å². The van der Waals surface area contributed by atoms with Gasteiger partial charge >= 0.3 is 0 Å². The minimum atomic E-state index is -3.62. The molecule has 1 fully saturated rings. The molecule has 29 heavy (non-hydrogen) atoms. The van der Waals surface area contributed by atoms with Gasteiger partial charge < -0.3 is 10.1 Å². The molecule has 2 aromatic rings. The highest BCUT2D eigenvalue weighted by Gasteiger charge is 2.20. The number of carbonyl (C=O) groups is 1. The summed E-state index contributed by atoms with van der Waals surface area (Å²) in [4.78, 5) is 12.4. The van der Waals surface area contributed by atoms with E-state index in [1.165, 1.54) is 12.1 Å². The zero-order valence-electron chi connectivity index (χ0n) is 15.4. The number of anilines is 1. The molecule has 0 aliphatic carbocycles. The number of hydrogen-bond donors (Lipinski definition) is 3. The molecule has 1 atom stereocenters. The third kappa shape index (κ3) is 6.31. The molecule has 0 radical (unpaired) electrons. The molecule has 0 saturated carbocycles. The predicted octanol–water partition coefficient (Wildman–Crippen LogP) is 3.03. The summed E-state index contributed by atoms with van der Waals surface area (Å²) in [5, 5.41) is 5.56. The van der Waals surface area contributed by atoms with Gasteiger partial charge in [0.15, 0.2) is 5.11 Å². The van der Waals surface area contributed by atoms with Crippen molar-refractivity contribution in [3.63, 3.8) is 0 Å². The Morgan fingerprint density at radius 1 is 1.21 bits per heavy atom. The number of hydrogen-bond acceptors (Lipinski definition) is 5. The standard InChI is InChI=1S/C19H20BrN3O4S2/c20-14-4-1-3-13(11-14)18(24)23-19(28)22-15-6-8-17(9-7-15)29(25,26)21-12-16-5-2-10-27-16/h1,3-4,6-9,11,16,21H,2,5,10,12H2,(H2,22,23,24,28). The van der Waals surface area contributed by atoms with E-state index in [0.717, 1.165) is 17.3 Å². The van der Waals surface area contributed by atoms with Gasteiger partial charge in [0.2, 0.25) is 10.0 Å². The number of carbonyl (C=O) groups excluding carboxylic acids is 1. The lowest BCUT2D eigenvalue weighted by Gasteiger charge is -2.12. The van der Waals surface area contributed by atoms with E-state index >= 15 is 0 Å². The van der Waals surface area contributed by atoms with Crippen LogP contribution in [0.3, 0.4) is 0 Å². The van der Waals surface area contributed by atoms with Crippen molar-refractivity contribution in [3.8, 4) is 0 Å². The van der Waals surface area contributed by atoms with Crippen LogP contribution in [0.2, 0.25) is 0 Å². The Balaban J connectivity index is 1.55. The molecule has 2 aromatic carbocycles. The van der Waals surface area contributed by atoms with Gasteiger partial charge in [0.1, 0.15) is 0 Å². The topological polar surface area (TPSA) is 96.5 Å². The van der Waals surface area contributed by atoms with Crippen LogP contribution in [0.5, 0.6) is 0 Å². The average Bonchev–Trinajstić information content (AvgIpc) is 3.20. The highest BCUT2D eigenvalue weighted by Crippen LogP contribution is 2.16. The third-order valence-corrected chi connectivity index (χ3v) is 6.40. The van der Waals surface area contributed by atoms with Crippen LogP contribution in [0.25, 0.3) is 0 Å². The van der Waals surface area contributed by atoms with Gasteiger partial charge in [-0.05, 0) is 67.5 Å². The Kier molecular flexibility index (Phi) is 7.36. The van der Waals surface area contributed by atoms with Crippen molar-refractivity contribution in [2.45, 2.75) is 23.8 Å². The van der Waals surface area contributed by atoms with E-state index in [9.17, 15) is 13.2 Å². The van der Waals surface area contributed by atoms with Gasteiger partial charge in [0.25, 0.3) is 5.91 Å². The van der Waals surface area contributed by atoms with E-state index in [1.807, 2.05) is 6.07 Å². The van der Waals surface area contributed by atoms with Gasteiger partial charge in [-0.1, -0.05) is 22.0 Å². The van der Waals surface area contributed by atoms with Crippen LogP contribution in [0, 0.1) is 0 Å². The summed E-state index contributed by atoms with van der Waals surface area (Å²) < 4.78 is 33.5. The molecule has 1 amide bonds. The quantitative estimate of drug-likeness (QED) is 0.530. The Bertz CT molecular complexity index is 991. The van der Waals surface area contributed by atoms with Crippen molar-refractivity contribution in [2.75, 3.05) is 18.5 Å². The molecule has 0 spiro atoms. The average molecular weight is 498 g/mol. The number of nitrogens with one attached hydrogen (secondary N) is 3. The minimum Gasteiger partial charge on any atom is -0.377 e. The van der Waals surface area contributed by atoms with Crippen molar-refractivity contribution in [2.24, 2.45) is 0 Å². The first kappa shape index (κ1) is 21.8. The smallest absolute Gasteiger partial charge is 0.257 e. The van der Waals surface area contributed by atoms with Crippen molar-refractivity contribution in [1.29, 1.82) is 0 Å². The summed E-state index contributed by atoms with van der Waals surface area (Å²) in [6.45, 7) is 0.929. The number of thiocarbonyl (C=S) groups is 1. The number of rotatable bonds is 6. The summed E-state index contributed by atoms with van der Waals surface area (Å²) in [5.41, 5.74) is 1.02. The van der Waals surface area contributed by atoms with Gasteiger partial charge in [-0.25, -0.2) is 13.1 Å². The fourth-order valence-corrected chi connectivity index (χ4v) is 4.45. The summed E-state index contributed by atoms with van der Waals surface area (Å²) in [6.07, 6.45) is 1.73. The molecule has 154 valence electrons. The molecule has 3 rings (SSSR count).